The molecule has 0 saturated carbocycles. The second-order valence-corrected chi connectivity index (χ2v) is 3.72. The highest BCUT2D eigenvalue weighted by molar-refractivity contribution is 5.43. The molecule has 0 spiro atoms. The van der Waals surface area contributed by atoms with Crippen LogP contribution in [0.1, 0.15) is 18.1 Å². The quantitative estimate of drug-likeness (QED) is 0.500. The number of aliphatic hydroxyl groups is 2. The highest BCUT2D eigenvalue weighted by Gasteiger charge is 2.35. The van der Waals surface area contributed by atoms with Crippen molar-refractivity contribution in [3.63, 3.8) is 0 Å². The van der Waals surface area contributed by atoms with E-state index in [4.69, 9.17) is 21.3 Å². The zero-order chi connectivity index (χ0) is 11.7. The maximum absolute atomic E-state index is 9.57. The molecule has 6 N–H and O–H groups in total. The summed E-state index contributed by atoms with van der Waals surface area (Å²) in [5.41, 5.74) is 11.6. The van der Waals surface area contributed by atoms with Gasteiger partial charge in [-0.05, 0) is 0 Å². The highest BCUT2D eigenvalue weighted by atomic mass is 16.5. The predicted molar refractivity (Wildman–Crippen MR) is 56.2 cm³/mol. The summed E-state index contributed by atoms with van der Waals surface area (Å²) in [6.45, 7) is -0.229. The summed E-state index contributed by atoms with van der Waals surface area (Å²) in [4.78, 5) is 7.64. The first-order chi connectivity index (χ1) is 7.61. The fraction of sp³-hybridized carbons (Fsp3) is 0.556. The van der Waals surface area contributed by atoms with Crippen LogP contribution in [0.3, 0.4) is 0 Å². The van der Waals surface area contributed by atoms with Crippen molar-refractivity contribution < 1.29 is 14.9 Å². The van der Waals surface area contributed by atoms with Crippen LogP contribution in [0.4, 0.5) is 11.8 Å². The van der Waals surface area contributed by atoms with Crippen LogP contribution in [0.2, 0.25) is 0 Å². The van der Waals surface area contributed by atoms with Crippen molar-refractivity contribution in [3.8, 4) is 0 Å². The van der Waals surface area contributed by atoms with Crippen molar-refractivity contribution in [1.29, 1.82) is 0 Å². The Morgan fingerprint density at radius 1 is 1.50 bits per heavy atom. The van der Waals surface area contributed by atoms with Crippen molar-refractivity contribution in [2.24, 2.45) is 0 Å². The summed E-state index contributed by atoms with van der Waals surface area (Å²) in [7, 11) is 0. The molecule has 1 saturated heterocycles. The first-order valence-corrected chi connectivity index (χ1v) is 4.94. The van der Waals surface area contributed by atoms with E-state index in [1.54, 1.807) is 0 Å². The van der Waals surface area contributed by atoms with E-state index in [1.165, 1.54) is 6.20 Å². The molecule has 7 nitrogen and oxygen atoms in total. The molecule has 2 heterocycles. The Hall–Kier alpha value is -1.44. The molecule has 0 unspecified atom stereocenters. The second kappa shape index (κ2) is 4.20. The second-order valence-electron chi connectivity index (χ2n) is 3.72. The van der Waals surface area contributed by atoms with Gasteiger partial charge in [0.2, 0.25) is 5.95 Å². The van der Waals surface area contributed by atoms with Crippen molar-refractivity contribution in [1.82, 2.24) is 9.97 Å². The normalized spacial score (nSPS) is 29.5. The van der Waals surface area contributed by atoms with Gasteiger partial charge in [-0.25, -0.2) is 4.98 Å². The molecular weight excluding hydrogens is 212 g/mol. The van der Waals surface area contributed by atoms with Crippen LogP contribution < -0.4 is 11.5 Å². The highest BCUT2D eigenvalue weighted by Crippen LogP contribution is 2.34. The van der Waals surface area contributed by atoms with E-state index < -0.39 is 18.3 Å². The number of ether oxygens (including phenoxy) is 1. The number of nitrogen functional groups attached to an aromatic ring is 2. The maximum Gasteiger partial charge on any atom is 0.221 e. The summed E-state index contributed by atoms with van der Waals surface area (Å²) >= 11 is 0. The van der Waals surface area contributed by atoms with E-state index in [0.29, 0.717) is 12.0 Å². The van der Waals surface area contributed by atoms with Crippen LogP contribution in [-0.2, 0) is 4.74 Å². The summed E-state index contributed by atoms with van der Waals surface area (Å²) in [6.07, 6.45) is 0.166. The van der Waals surface area contributed by atoms with Crippen LogP contribution in [-0.4, -0.2) is 39.0 Å². The third-order valence-corrected chi connectivity index (χ3v) is 2.62. The van der Waals surface area contributed by atoms with E-state index in [0.717, 1.165) is 0 Å². The minimum atomic E-state index is -0.702. The zero-order valence-electron chi connectivity index (χ0n) is 8.58. The van der Waals surface area contributed by atoms with Gasteiger partial charge in [-0.15, -0.1) is 0 Å². The number of hydrogen-bond acceptors (Lipinski definition) is 7. The number of hydrogen-bond donors (Lipinski definition) is 4. The third kappa shape index (κ3) is 1.92. The number of anilines is 2. The average molecular weight is 226 g/mol. The smallest absolute Gasteiger partial charge is 0.221 e. The number of aromatic nitrogens is 2. The van der Waals surface area contributed by atoms with E-state index in [2.05, 4.69) is 9.97 Å². The Kier molecular flexibility index (Phi) is 2.90. The van der Waals surface area contributed by atoms with Gasteiger partial charge in [0.05, 0.1) is 18.8 Å². The van der Waals surface area contributed by atoms with Crippen LogP contribution in [0.25, 0.3) is 0 Å². The molecule has 0 aliphatic carbocycles. The van der Waals surface area contributed by atoms with E-state index in [-0.39, 0.29) is 18.4 Å². The van der Waals surface area contributed by atoms with E-state index in [9.17, 15) is 5.11 Å². The molecule has 0 radical (unpaired) electrons. The molecule has 1 aromatic heterocycles. The Morgan fingerprint density at radius 2 is 2.25 bits per heavy atom. The first-order valence-electron chi connectivity index (χ1n) is 4.94. The van der Waals surface area contributed by atoms with Crippen molar-refractivity contribution in [2.45, 2.75) is 24.7 Å². The molecular formula is C9H14N4O3. The van der Waals surface area contributed by atoms with Gasteiger partial charge in [0, 0.05) is 18.2 Å². The Morgan fingerprint density at radius 3 is 2.81 bits per heavy atom. The minimum Gasteiger partial charge on any atom is -0.394 e. The lowest BCUT2D eigenvalue weighted by atomic mass is 10.1. The molecule has 0 bridgehead atoms. The lowest BCUT2D eigenvalue weighted by Gasteiger charge is -2.13. The topological polar surface area (TPSA) is 128 Å². The molecule has 1 aliphatic heterocycles. The standard InChI is InChI=1S/C9H14N4O3/c10-8-4(2-12-9(11)13-8)6-1-5(15)7(3-14)16-6/h2,5-7,14-15H,1,3H2,(H4,10,11,12,13)/t5-,6+,7+/m0/s1. The largest absolute Gasteiger partial charge is 0.394 e. The first kappa shape index (κ1) is 11.1. The fourth-order valence-corrected chi connectivity index (χ4v) is 1.76. The van der Waals surface area contributed by atoms with Crippen LogP contribution in [0.15, 0.2) is 6.20 Å². The fourth-order valence-electron chi connectivity index (χ4n) is 1.76. The molecule has 1 aliphatic rings. The number of rotatable bonds is 2. The molecule has 2 rings (SSSR count). The Balaban J connectivity index is 2.20. The minimum absolute atomic E-state index is 0.0958. The van der Waals surface area contributed by atoms with Crippen LogP contribution in [0.5, 0.6) is 0 Å². The maximum atomic E-state index is 9.57. The van der Waals surface area contributed by atoms with Gasteiger partial charge < -0.3 is 26.4 Å². The lowest BCUT2D eigenvalue weighted by molar-refractivity contribution is -0.0225. The summed E-state index contributed by atoms with van der Waals surface area (Å²) < 4.78 is 5.43. The number of nitrogens with zero attached hydrogens (tertiary/aromatic N) is 2. The predicted octanol–water partition coefficient (Wildman–Crippen LogP) is -1.18. The molecule has 0 amide bonds. The van der Waals surface area contributed by atoms with Gasteiger partial charge in [0.1, 0.15) is 11.9 Å². The Labute approximate surface area is 92.1 Å². The molecule has 7 heteroatoms. The third-order valence-electron chi connectivity index (χ3n) is 2.62. The van der Waals surface area contributed by atoms with Gasteiger partial charge in [-0.3, -0.25) is 0 Å². The average Bonchev–Trinajstić information content (AvgIpc) is 2.59. The van der Waals surface area contributed by atoms with Crippen molar-refractivity contribution >= 4 is 11.8 Å². The van der Waals surface area contributed by atoms with E-state index >= 15 is 0 Å². The van der Waals surface area contributed by atoms with Crippen molar-refractivity contribution in [3.05, 3.63) is 11.8 Å². The SMILES string of the molecule is Nc1ncc([C@H]2C[C@H](O)[C@@H](CO)O2)c(N)n1. The summed E-state index contributed by atoms with van der Waals surface area (Å²) in [5.74, 6) is 0.335. The van der Waals surface area contributed by atoms with Gasteiger partial charge in [-0.1, -0.05) is 0 Å². The molecule has 0 aromatic carbocycles. The van der Waals surface area contributed by atoms with Crippen LogP contribution in [0, 0.1) is 0 Å². The zero-order valence-corrected chi connectivity index (χ0v) is 8.58. The van der Waals surface area contributed by atoms with Crippen LogP contribution >= 0.6 is 0 Å². The monoisotopic (exact) mass is 226 g/mol. The Bertz CT molecular complexity index is 387. The molecule has 1 aromatic rings. The summed E-state index contributed by atoms with van der Waals surface area (Å²) in [5, 5.41) is 18.5. The summed E-state index contributed by atoms with van der Waals surface area (Å²) in [6, 6.07) is 0. The van der Waals surface area contributed by atoms with Crippen molar-refractivity contribution in [2.75, 3.05) is 18.1 Å². The molecule has 88 valence electrons. The van der Waals surface area contributed by atoms with Gasteiger partial charge >= 0.3 is 0 Å². The molecule has 1 fully saturated rings. The van der Waals surface area contributed by atoms with Gasteiger partial charge in [0.25, 0.3) is 0 Å². The molecule has 16 heavy (non-hydrogen) atoms. The number of nitrogens with two attached hydrogens (primary N) is 2. The lowest BCUT2D eigenvalue weighted by Crippen LogP contribution is -2.24. The number of aliphatic hydroxyl groups excluding tert-OH is 2. The molecule has 3 atom stereocenters. The van der Waals surface area contributed by atoms with E-state index in [1.807, 2.05) is 0 Å². The van der Waals surface area contributed by atoms with Gasteiger partial charge in [-0.2, -0.15) is 4.98 Å². The van der Waals surface area contributed by atoms with Gasteiger partial charge in [0.15, 0.2) is 0 Å².